The Morgan fingerprint density at radius 2 is 1.90 bits per heavy atom. The zero-order valence-electron chi connectivity index (χ0n) is 11.4. The minimum atomic E-state index is -0.234. The molecule has 0 saturated carbocycles. The Morgan fingerprint density at radius 3 is 2.62 bits per heavy atom. The van der Waals surface area contributed by atoms with Crippen LogP contribution in [0.25, 0.3) is 11.3 Å². The molecule has 0 aliphatic rings. The summed E-state index contributed by atoms with van der Waals surface area (Å²) in [6.45, 7) is 1.71. The van der Waals surface area contributed by atoms with E-state index in [1.807, 2.05) is 12.1 Å². The van der Waals surface area contributed by atoms with Gasteiger partial charge >= 0.3 is 0 Å². The number of halogens is 1. The van der Waals surface area contributed by atoms with Crippen molar-refractivity contribution >= 4 is 17.4 Å². The molecular weight excluding hydrogens is 269 g/mol. The fourth-order valence-electron chi connectivity index (χ4n) is 1.96. The summed E-state index contributed by atoms with van der Waals surface area (Å²) >= 11 is 0. The predicted molar refractivity (Wildman–Crippen MR) is 80.8 cm³/mol. The lowest BCUT2D eigenvalue weighted by molar-refractivity contribution is 0.578. The second-order valence-electron chi connectivity index (χ2n) is 4.75. The van der Waals surface area contributed by atoms with E-state index in [2.05, 4.69) is 10.3 Å². The Bertz CT molecular complexity index is 765. The van der Waals surface area contributed by atoms with E-state index in [4.69, 9.17) is 10.2 Å². The SMILES string of the molecule is Cc1cc(-c2coc(Nc3ccc(N)cc3)n2)ccc1F. The molecule has 0 radical (unpaired) electrons. The standard InChI is InChI=1S/C16H14FN3O/c1-10-8-11(2-7-14(10)17)15-9-21-16(20-15)19-13-5-3-12(18)4-6-13/h2-9H,18H2,1H3,(H,19,20). The summed E-state index contributed by atoms with van der Waals surface area (Å²) in [7, 11) is 0. The van der Waals surface area contributed by atoms with Crippen LogP contribution in [0.5, 0.6) is 0 Å². The summed E-state index contributed by atoms with van der Waals surface area (Å²) in [4.78, 5) is 4.34. The van der Waals surface area contributed by atoms with Crippen molar-refractivity contribution in [1.82, 2.24) is 4.98 Å². The van der Waals surface area contributed by atoms with Crippen molar-refractivity contribution < 1.29 is 8.81 Å². The van der Waals surface area contributed by atoms with E-state index in [0.29, 0.717) is 23.0 Å². The third kappa shape index (κ3) is 2.86. The van der Waals surface area contributed by atoms with Crippen LogP contribution in [0, 0.1) is 12.7 Å². The fraction of sp³-hybridized carbons (Fsp3) is 0.0625. The molecule has 0 fully saturated rings. The van der Waals surface area contributed by atoms with E-state index in [1.54, 1.807) is 31.2 Å². The zero-order valence-corrected chi connectivity index (χ0v) is 11.4. The van der Waals surface area contributed by atoms with Crippen LogP contribution < -0.4 is 11.1 Å². The summed E-state index contributed by atoms with van der Waals surface area (Å²) in [5.74, 6) is -0.234. The molecule has 2 aromatic carbocycles. The molecule has 21 heavy (non-hydrogen) atoms. The van der Waals surface area contributed by atoms with Gasteiger partial charge in [0.2, 0.25) is 0 Å². The third-order valence-corrected chi connectivity index (χ3v) is 3.12. The number of anilines is 3. The highest BCUT2D eigenvalue weighted by Crippen LogP contribution is 2.24. The third-order valence-electron chi connectivity index (χ3n) is 3.12. The molecule has 0 unspecified atom stereocenters. The maximum Gasteiger partial charge on any atom is 0.299 e. The number of hydrogen-bond acceptors (Lipinski definition) is 4. The Hall–Kier alpha value is -2.82. The van der Waals surface area contributed by atoms with Crippen LogP contribution in [0.15, 0.2) is 53.1 Å². The summed E-state index contributed by atoms with van der Waals surface area (Å²) < 4.78 is 18.6. The van der Waals surface area contributed by atoms with Crippen molar-refractivity contribution in [2.24, 2.45) is 0 Å². The molecule has 0 bridgehead atoms. The highest BCUT2D eigenvalue weighted by molar-refractivity contribution is 5.62. The Kier molecular flexibility index (Phi) is 3.31. The van der Waals surface area contributed by atoms with Gasteiger partial charge in [0.1, 0.15) is 17.8 Å². The lowest BCUT2D eigenvalue weighted by atomic mass is 10.1. The van der Waals surface area contributed by atoms with Crippen molar-refractivity contribution in [3.63, 3.8) is 0 Å². The highest BCUT2D eigenvalue weighted by Gasteiger charge is 2.08. The van der Waals surface area contributed by atoms with Crippen LogP contribution in [0.2, 0.25) is 0 Å². The number of benzene rings is 2. The van der Waals surface area contributed by atoms with Gasteiger partial charge in [-0.2, -0.15) is 4.98 Å². The van der Waals surface area contributed by atoms with Gasteiger partial charge < -0.3 is 15.5 Å². The highest BCUT2D eigenvalue weighted by atomic mass is 19.1. The van der Waals surface area contributed by atoms with E-state index in [1.165, 1.54) is 12.3 Å². The molecule has 1 heterocycles. The van der Waals surface area contributed by atoms with Gasteiger partial charge in [0.25, 0.3) is 6.01 Å². The molecule has 1 aromatic heterocycles. The van der Waals surface area contributed by atoms with Crippen molar-refractivity contribution in [1.29, 1.82) is 0 Å². The van der Waals surface area contributed by atoms with E-state index in [9.17, 15) is 4.39 Å². The van der Waals surface area contributed by atoms with Gasteiger partial charge in [0.05, 0.1) is 0 Å². The van der Waals surface area contributed by atoms with Crippen molar-refractivity contribution in [3.8, 4) is 11.3 Å². The first-order chi connectivity index (χ1) is 10.1. The van der Waals surface area contributed by atoms with Gasteiger partial charge in [0.15, 0.2) is 0 Å². The normalized spacial score (nSPS) is 10.6. The first-order valence-electron chi connectivity index (χ1n) is 6.46. The lowest BCUT2D eigenvalue weighted by Gasteiger charge is -2.01. The van der Waals surface area contributed by atoms with Crippen LogP contribution >= 0.6 is 0 Å². The van der Waals surface area contributed by atoms with Crippen LogP contribution in [0.1, 0.15) is 5.56 Å². The number of nitrogen functional groups attached to an aromatic ring is 1. The fourth-order valence-corrected chi connectivity index (χ4v) is 1.96. The first kappa shape index (κ1) is 13.2. The average Bonchev–Trinajstić information content (AvgIpc) is 2.93. The number of rotatable bonds is 3. The number of nitrogens with one attached hydrogen (secondary N) is 1. The summed E-state index contributed by atoms with van der Waals surface area (Å²) in [5, 5.41) is 3.04. The maximum absolute atomic E-state index is 13.3. The molecule has 0 spiro atoms. The minimum absolute atomic E-state index is 0.234. The predicted octanol–water partition coefficient (Wildman–Crippen LogP) is 4.11. The van der Waals surface area contributed by atoms with E-state index in [0.717, 1.165) is 11.3 Å². The monoisotopic (exact) mass is 283 g/mol. The molecule has 106 valence electrons. The molecule has 3 aromatic rings. The molecule has 3 N–H and O–H groups in total. The van der Waals surface area contributed by atoms with Crippen LogP contribution in [-0.4, -0.2) is 4.98 Å². The number of hydrogen-bond donors (Lipinski definition) is 2. The van der Waals surface area contributed by atoms with Crippen molar-refractivity contribution in [2.75, 3.05) is 11.1 Å². The van der Waals surface area contributed by atoms with Crippen LogP contribution in [0.3, 0.4) is 0 Å². The number of oxazole rings is 1. The maximum atomic E-state index is 13.3. The summed E-state index contributed by atoms with van der Waals surface area (Å²) in [6.07, 6.45) is 1.53. The molecule has 0 aliphatic heterocycles. The molecule has 0 aliphatic carbocycles. The molecule has 4 nitrogen and oxygen atoms in total. The molecule has 0 atom stereocenters. The van der Waals surface area contributed by atoms with E-state index in [-0.39, 0.29) is 5.82 Å². The second-order valence-corrected chi connectivity index (χ2v) is 4.75. The second kappa shape index (κ2) is 5.28. The van der Waals surface area contributed by atoms with Crippen LogP contribution in [0.4, 0.5) is 21.8 Å². The number of aryl methyl sites for hydroxylation is 1. The van der Waals surface area contributed by atoms with Gasteiger partial charge in [-0.25, -0.2) is 4.39 Å². The topological polar surface area (TPSA) is 64.1 Å². The molecule has 0 amide bonds. The van der Waals surface area contributed by atoms with Gasteiger partial charge in [-0.3, -0.25) is 0 Å². The van der Waals surface area contributed by atoms with Gasteiger partial charge in [0, 0.05) is 16.9 Å². The quantitative estimate of drug-likeness (QED) is 0.710. The van der Waals surface area contributed by atoms with E-state index >= 15 is 0 Å². The molecule has 5 heteroatoms. The Labute approximate surface area is 121 Å². The van der Waals surface area contributed by atoms with Gasteiger partial charge in [-0.1, -0.05) is 0 Å². The summed E-state index contributed by atoms with van der Waals surface area (Å²) in [5.41, 5.74) is 9.18. The Balaban J connectivity index is 1.82. The van der Waals surface area contributed by atoms with Crippen LogP contribution in [-0.2, 0) is 0 Å². The number of nitrogens with two attached hydrogens (primary N) is 1. The molecule has 3 rings (SSSR count). The number of nitrogens with zero attached hydrogens (tertiary/aromatic N) is 1. The molecular formula is C16H14FN3O. The Morgan fingerprint density at radius 1 is 1.14 bits per heavy atom. The van der Waals surface area contributed by atoms with Gasteiger partial charge in [-0.05, 0) is 55.0 Å². The smallest absolute Gasteiger partial charge is 0.299 e. The molecule has 0 saturated heterocycles. The van der Waals surface area contributed by atoms with E-state index < -0.39 is 0 Å². The average molecular weight is 283 g/mol. The summed E-state index contributed by atoms with van der Waals surface area (Å²) in [6, 6.07) is 12.4. The zero-order chi connectivity index (χ0) is 14.8. The van der Waals surface area contributed by atoms with Crippen molar-refractivity contribution in [3.05, 3.63) is 60.1 Å². The lowest BCUT2D eigenvalue weighted by Crippen LogP contribution is -1.91. The van der Waals surface area contributed by atoms with Crippen molar-refractivity contribution in [2.45, 2.75) is 6.92 Å². The largest absolute Gasteiger partial charge is 0.431 e. The minimum Gasteiger partial charge on any atom is -0.431 e. The first-order valence-corrected chi connectivity index (χ1v) is 6.46. The van der Waals surface area contributed by atoms with Gasteiger partial charge in [-0.15, -0.1) is 0 Å². The number of aromatic nitrogens is 1.